The lowest BCUT2D eigenvalue weighted by Gasteiger charge is -2.36. The Bertz CT molecular complexity index is 855. The lowest BCUT2D eigenvalue weighted by Crippen LogP contribution is -2.50. The van der Waals surface area contributed by atoms with Crippen LogP contribution in [-0.4, -0.2) is 63.3 Å². The molecule has 2 aromatic carbocycles. The van der Waals surface area contributed by atoms with Crippen LogP contribution in [0.3, 0.4) is 0 Å². The normalized spacial score (nSPS) is 14.1. The number of hydrogen-bond acceptors (Lipinski definition) is 6. The maximum Gasteiger partial charge on any atom is 0.234 e. The number of anilines is 1. The van der Waals surface area contributed by atoms with Crippen LogP contribution in [0.5, 0.6) is 11.5 Å². The van der Waals surface area contributed by atoms with Gasteiger partial charge in [-0.25, -0.2) is 0 Å². The zero-order valence-corrected chi connectivity index (χ0v) is 17.3. The summed E-state index contributed by atoms with van der Waals surface area (Å²) in [4.78, 5) is 16.5. The molecule has 7 nitrogen and oxygen atoms in total. The first kappa shape index (κ1) is 21.5. The summed E-state index contributed by atoms with van der Waals surface area (Å²) in [6.45, 7) is 7.00. The minimum Gasteiger partial charge on any atom is -0.494 e. The average molecular weight is 409 g/mol. The first-order valence-corrected chi connectivity index (χ1v) is 10.3. The summed E-state index contributed by atoms with van der Waals surface area (Å²) in [5, 5.41) is 12.2. The van der Waals surface area contributed by atoms with Crippen LogP contribution in [0.15, 0.2) is 48.5 Å². The predicted molar refractivity (Wildman–Crippen MR) is 116 cm³/mol. The highest BCUT2D eigenvalue weighted by Crippen LogP contribution is 2.21. The molecular formula is C23H28N4O3. The smallest absolute Gasteiger partial charge is 0.234 e. The van der Waals surface area contributed by atoms with Crippen molar-refractivity contribution in [2.75, 3.05) is 57.4 Å². The van der Waals surface area contributed by atoms with Crippen LogP contribution >= 0.6 is 0 Å². The molecule has 0 aliphatic carbocycles. The van der Waals surface area contributed by atoms with Crippen LogP contribution in [0.4, 0.5) is 5.69 Å². The minimum absolute atomic E-state index is 0.00355. The van der Waals surface area contributed by atoms with Gasteiger partial charge in [-0.3, -0.25) is 9.69 Å². The van der Waals surface area contributed by atoms with Gasteiger partial charge >= 0.3 is 0 Å². The number of rotatable bonds is 9. The molecule has 0 spiro atoms. The summed E-state index contributed by atoms with van der Waals surface area (Å²) < 4.78 is 11.0. The molecule has 1 N–H and O–H groups in total. The van der Waals surface area contributed by atoms with Crippen LogP contribution in [0.25, 0.3) is 0 Å². The molecule has 1 fully saturated rings. The molecule has 2 aromatic rings. The number of carbonyl (C=O) groups excluding carboxylic acids is 1. The summed E-state index contributed by atoms with van der Waals surface area (Å²) in [5.74, 6) is 1.56. The van der Waals surface area contributed by atoms with Crippen molar-refractivity contribution in [3.63, 3.8) is 0 Å². The fraction of sp³-hybridized carbons (Fsp3) is 0.391. The number of para-hydroxylation sites is 1. The highest BCUT2D eigenvalue weighted by atomic mass is 16.5. The maximum atomic E-state index is 12.2. The van der Waals surface area contributed by atoms with Gasteiger partial charge in [-0.15, -0.1) is 0 Å². The van der Waals surface area contributed by atoms with Crippen molar-refractivity contribution in [1.82, 2.24) is 10.2 Å². The Hall–Kier alpha value is -3.24. The molecule has 0 radical (unpaired) electrons. The Morgan fingerprint density at radius 3 is 2.37 bits per heavy atom. The Balaban J connectivity index is 1.33. The molecule has 30 heavy (non-hydrogen) atoms. The summed E-state index contributed by atoms with van der Waals surface area (Å²) in [7, 11) is 0. The summed E-state index contributed by atoms with van der Waals surface area (Å²) in [6.07, 6.45) is 0. The van der Waals surface area contributed by atoms with Crippen LogP contribution in [0.1, 0.15) is 12.5 Å². The van der Waals surface area contributed by atoms with E-state index in [0.717, 1.165) is 43.4 Å². The Morgan fingerprint density at radius 1 is 1.03 bits per heavy atom. The SMILES string of the molecule is CCOc1ccc(OCCNC(=O)CN2CCN(c3ccccc3C#N)CC2)cc1. The van der Waals surface area contributed by atoms with E-state index in [1.54, 1.807) is 0 Å². The second-order valence-electron chi connectivity index (χ2n) is 6.99. The van der Waals surface area contributed by atoms with Gasteiger partial charge in [-0.2, -0.15) is 5.26 Å². The van der Waals surface area contributed by atoms with Gasteiger partial charge in [0.05, 0.1) is 30.9 Å². The van der Waals surface area contributed by atoms with Gasteiger partial charge in [0.25, 0.3) is 0 Å². The molecule has 3 rings (SSSR count). The van der Waals surface area contributed by atoms with E-state index in [2.05, 4.69) is 21.2 Å². The summed E-state index contributed by atoms with van der Waals surface area (Å²) in [5.41, 5.74) is 1.66. The molecule has 158 valence electrons. The molecule has 0 saturated carbocycles. The van der Waals surface area contributed by atoms with Gasteiger partial charge in [0.15, 0.2) is 0 Å². The van der Waals surface area contributed by atoms with Gasteiger partial charge < -0.3 is 19.7 Å². The van der Waals surface area contributed by atoms with Gasteiger partial charge in [0, 0.05) is 26.2 Å². The molecule has 1 saturated heterocycles. The van der Waals surface area contributed by atoms with Crippen molar-refractivity contribution in [3.8, 4) is 17.6 Å². The number of nitriles is 1. The number of carbonyl (C=O) groups is 1. The van der Waals surface area contributed by atoms with Gasteiger partial charge in [0.2, 0.25) is 5.91 Å². The largest absolute Gasteiger partial charge is 0.494 e. The third-order valence-corrected chi connectivity index (χ3v) is 4.93. The van der Waals surface area contributed by atoms with Crippen molar-refractivity contribution >= 4 is 11.6 Å². The molecule has 1 heterocycles. The molecule has 7 heteroatoms. The highest BCUT2D eigenvalue weighted by molar-refractivity contribution is 5.78. The zero-order valence-electron chi connectivity index (χ0n) is 17.3. The zero-order chi connectivity index (χ0) is 21.2. The van der Waals surface area contributed by atoms with Crippen molar-refractivity contribution in [3.05, 3.63) is 54.1 Å². The van der Waals surface area contributed by atoms with E-state index in [-0.39, 0.29) is 5.91 Å². The topological polar surface area (TPSA) is 77.8 Å². The molecule has 0 aromatic heterocycles. The number of hydrogen-bond donors (Lipinski definition) is 1. The fourth-order valence-electron chi connectivity index (χ4n) is 3.41. The van der Waals surface area contributed by atoms with Crippen LogP contribution in [0.2, 0.25) is 0 Å². The monoisotopic (exact) mass is 408 g/mol. The third-order valence-electron chi connectivity index (χ3n) is 4.93. The van der Waals surface area contributed by atoms with Crippen molar-refractivity contribution in [1.29, 1.82) is 5.26 Å². The maximum absolute atomic E-state index is 12.2. The Kier molecular flexibility index (Phi) is 7.93. The molecule has 0 unspecified atom stereocenters. The van der Waals surface area contributed by atoms with Gasteiger partial charge in [0.1, 0.15) is 24.2 Å². The second-order valence-corrected chi connectivity index (χ2v) is 6.99. The fourth-order valence-corrected chi connectivity index (χ4v) is 3.41. The number of piperazine rings is 1. The van der Waals surface area contributed by atoms with E-state index in [0.29, 0.717) is 31.9 Å². The number of amides is 1. The lowest BCUT2D eigenvalue weighted by molar-refractivity contribution is -0.122. The number of nitrogens with zero attached hydrogens (tertiary/aromatic N) is 3. The van der Waals surface area contributed by atoms with Crippen LogP contribution in [0, 0.1) is 11.3 Å². The molecule has 0 bridgehead atoms. The standard InChI is InChI=1S/C23H28N4O3/c1-2-29-20-7-9-21(10-8-20)30-16-11-25-23(28)18-26-12-14-27(15-13-26)22-6-4-3-5-19(22)17-24/h3-10H,2,11-16,18H2,1H3,(H,25,28). The Labute approximate surface area is 177 Å². The summed E-state index contributed by atoms with van der Waals surface area (Å²) >= 11 is 0. The van der Waals surface area contributed by atoms with E-state index < -0.39 is 0 Å². The van der Waals surface area contributed by atoms with E-state index >= 15 is 0 Å². The van der Waals surface area contributed by atoms with E-state index in [1.807, 2.05) is 55.5 Å². The van der Waals surface area contributed by atoms with Crippen molar-refractivity contribution in [2.24, 2.45) is 0 Å². The number of ether oxygens (including phenoxy) is 2. The number of benzene rings is 2. The van der Waals surface area contributed by atoms with E-state index in [9.17, 15) is 10.1 Å². The third kappa shape index (κ3) is 6.13. The minimum atomic E-state index is -0.00355. The van der Waals surface area contributed by atoms with E-state index in [4.69, 9.17) is 9.47 Å². The predicted octanol–water partition coefficient (Wildman–Crippen LogP) is 2.27. The summed E-state index contributed by atoms with van der Waals surface area (Å²) in [6, 6.07) is 17.3. The molecule has 0 atom stereocenters. The average Bonchev–Trinajstić information content (AvgIpc) is 2.78. The molecule has 1 aliphatic heterocycles. The number of nitrogens with one attached hydrogen (secondary N) is 1. The van der Waals surface area contributed by atoms with E-state index in [1.165, 1.54) is 0 Å². The van der Waals surface area contributed by atoms with Gasteiger partial charge in [-0.05, 0) is 43.3 Å². The van der Waals surface area contributed by atoms with Crippen LogP contribution in [-0.2, 0) is 4.79 Å². The highest BCUT2D eigenvalue weighted by Gasteiger charge is 2.20. The first-order valence-electron chi connectivity index (χ1n) is 10.3. The first-order chi connectivity index (χ1) is 14.7. The lowest BCUT2D eigenvalue weighted by atomic mass is 10.1. The van der Waals surface area contributed by atoms with Crippen LogP contribution < -0.4 is 19.7 Å². The molecule has 1 aliphatic rings. The second kappa shape index (κ2) is 11.1. The molecular weight excluding hydrogens is 380 g/mol. The molecule has 1 amide bonds. The Morgan fingerprint density at radius 2 is 1.70 bits per heavy atom. The quantitative estimate of drug-likeness (QED) is 0.642. The van der Waals surface area contributed by atoms with Gasteiger partial charge in [-0.1, -0.05) is 12.1 Å². The van der Waals surface area contributed by atoms with Crippen molar-refractivity contribution in [2.45, 2.75) is 6.92 Å². The van der Waals surface area contributed by atoms with Crippen molar-refractivity contribution < 1.29 is 14.3 Å².